The number of rotatable bonds is 17. The minimum absolute atomic E-state index is 0.0143. The SMILES string of the molecule is COc1ccc(C(OC[C@H]2O[C@@H](n3ccc(=O)n(COCc4ccccc4)c3=O)[C@H](OC)[C@@H]2OCCO)(c2ccccc2)c2ccc(OC)cc2)cc1. The molecule has 0 aliphatic carbocycles. The highest BCUT2D eigenvalue weighted by Gasteiger charge is 2.49. The van der Waals surface area contributed by atoms with Crippen LogP contribution in [0.3, 0.4) is 0 Å². The van der Waals surface area contributed by atoms with Crippen molar-refractivity contribution in [1.29, 1.82) is 0 Å². The molecule has 4 aromatic carbocycles. The second kappa shape index (κ2) is 17.6. The van der Waals surface area contributed by atoms with Gasteiger partial charge in [-0.2, -0.15) is 0 Å². The summed E-state index contributed by atoms with van der Waals surface area (Å²) >= 11 is 0. The molecule has 4 atom stereocenters. The number of hydrogen-bond donors (Lipinski definition) is 1. The van der Waals surface area contributed by atoms with E-state index in [2.05, 4.69) is 0 Å². The van der Waals surface area contributed by atoms with E-state index >= 15 is 0 Å². The van der Waals surface area contributed by atoms with Gasteiger partial charge in [0.1, 0.15) is 42.1 Å². The summed E-state index contributed by atoms with van der Waals surface area (Å²) in [6.07, 6.45) is -2.03. The van der Waals surface area contributed by atoms with Crippen LogP contribution in [0.1, 0.15) is 28.5 Å². The summed E-state index contributed by atoms with van der Waals surface area (Å²) in [5.41, 5.74) is 1.06. The Kier molecular flexibility index (Phi) is 12.5. The van der Waals surface area contributed by atoms with Crippen molar-refractivity contribution < 1.29 is 38.3 Å². The van der Waals surface area contributed by atoms with Crippen molar-refractivity contribution >= 4 is 0 Å². The molecule has 53 heavy (non-hydrogen) atoms. The molecule has 1 aliphatic heterocycles. The van der Waals surface area contributed by atoms with E-state index in [4.69, 9.17) is 33.2 Å². The number of nitrogens with zero attached hydrogens (tertiary/aromatic N) is 2. The van der Waals surface area contributed by atoms with Crippen molar-refractivity contribution in [2.45, 2.75) is 43.5 Å². The van der Waals surface area contributed by atoms with Gasteiger partial charge in [0.2, 0.25) is 0 Å². The summed E-state index contributed by atoms with van der Waals surface area (Å²) in [5.74, 6) is 1.37. The van der Waals surface area contributed by atoms with E-state index < -0.39 is 41.4 Å². The standard InChI is InChI=1S/C41H44N2O10/c1-47-33-18-14-31(15-19-33)41(30-12-8-5-9-13-30,32-16-20-34(48-2)21-17-32)52-27-35-37(51-25-24-44)38(49-3)39(53-35)42-23-22-36(45)43(40(42)46)28-50-26-29-10-6-4-7-11-29/h4-23,35,37-39,44H,24-28H2,1-3H3/t35-,37-,38-,39-/m1/s1. The summed E-state index contributed by atoms with van der Waals surface area (Å²) < 4.78 is 44.8. The topological polar surface area (TPSA) is 129 Å². The Morgan fingerprint density at radius 2 is 1.32 bits per heavy atom. The van der Waals surface area contributed by atoms with E-state index in [-0.39, 0.29) is 33.2 Å². The summed E-state index contributed by atoms with van der Waals surface area (Å²) in [4.78, 5) is 26.7. The van der Waals surface area contributed by atoms with E-state index in [1.807, 2.05) is 109 Å². The zero-order valence-electron chi connectivity index (χ0n) is 29.9. The summed E-state index contributed by atoms with van der Waals surface area (Å²) in [6.45, 7) is -0.351. The van der Waals surface area contributed by atoms with E-state index in [1.54, 1.807) is 14.2 Å². The Hall–Kier alpha value is -5.08. The van der Waals surface area contributed by atoms with Gasteiger partial charge in [-0.1, -0.05) is 84.9 Å². The highest BCUT2D eigenvalue weighted by molar-refractivity contribution is 5.49. The normalized spacial score (nSPS) is 18.6. The number of benzene rings is 4. The van der Waals surface area contributed by atoms with Crippen LogP contribution in [0.2, 0.25) is 0 Å². The highest BCUT2D eigenvalue weighted by atomic mass is 16.6. The lowest BCUT2D eigenvalue weighted by molar-refractivity contribution is -0.106. The summed E-state index contributed by atoms with van der Waals surface area (Å²) in [5, 5.41) is 9.76. The minimum atomic E-state index is -1.16. The third kappa shape index (κ3) is 8.13. The summed E-state index contributed by atoms with van der Waals surface area (Å²) in [7, 11) is 4.72. The van der Waals surface area contributed by atoms with Gasteiger partial charge in [-0.25, -0.2) is 9.36 Å². The van der Waals surface area contributed by atoms with Gasteiger partial charge in [0.15, 0.2) is 6.23 Å². The lowest BCUT2D eigenvalue weighted by Gasteiger charge is -2.37. The highest BCUT2D eigenvalue weighted by Crippen LogP contribution is 2.43. The van der Waals surface area contributed by atoms with Gasteiger partial charge in [-0.15, -0.1) is 0 Å². The molecule has 1 aliphatic rings. The first-order valence-electron chi connectivity index (χ1n) is 17.3. The number of ether oxygens (including phenoxy) is 7. The van der Waals surface area contributed by atoms with Gasteiger partial charge in [0.25, 0.3) is 5.56 Å². The zero-order chi connectivity index (χ0) is 37.2. The van der Waals surface area contributed by atoms with E-state index in [0.29, 0.717) is 11.5 Å². The van der Waals surface area contributed by atoms with Crippen molar-refractivity contribution in [2.24, 2.45) is 0 Å². The van der Waals surface area contributed by atoms with Crippen molar-refractivity contribution in [3.8, 4) is 11.5 Å². The van der Waals surface area contributed by atoms with E-state index in [1.165, 1.54) is 23.9 Å². The fourth-order valence-corrected chi connectivity index (χ4v) is 6.66. The van der Waals surface area contributed by atoms with Crippen molar-refractivity contribution in [2.75, 3.05) is 41.2 Å². The predicted octanol–water partition coefficient (Wildman–Crippen LogP) is 4.50. The smallest absolute Gasteiger partial charge is 0.335 e. The predicted molar refractivity (Wildman–Crippen MR) is 196 cm³/mol. The number of aromatic nitrogens is 2. The second-order valence-corrected chi connectivity index (χ2v) is 12.4. The molecule has 0 spiro atoms. The lowest BCUT2D eigenvalue weighted by Crippen LogP contribution is -2.44. The molecular formula is C41H44N2O10. The van der Waals surface area contributed by atoms with Crippen molar-refractivity contribution in [3.63, 3.8) is 0 Å². The van der Waals surface area contributed by atoms with Crippen LogP contribution in [-0.2, 0) is 42.6 Å². The average Bonchev–Trinajstić information content (AvgIpc) is 3.56. The Morgan fingerprint density at radius 3 is 1.89 bits per heavy atom. The number of aliphatic hydroxyl groups is 1. The van der Waals surface area contributed by atoms with E-state index in [9.17, 15) is 14.7 Å². The van der Waals surface area contributed by atoms with E-state index in [0.717, 1.165) is 26.8 Å². The first-order chi connectivity index (χ1) is 25.9. The first-order valence-corrected chi connectivity index (χ1v) is 17.3. The molecule has 0 unspecified atom stereocenters. The molecule has 0 bridgehead atoms. The first kappa shape index (κ1) is 37.7. The van der Waals surface area contributed by atoms with Crippen LogP contribution in [0.25, 0.3) is 0 Å². The quantitative estimate of drug-likeness (QED) is 0.137. The molecular weight excluding hydrogens is 680 g/mol. The third-order valence-electron chi connectivity index (χ3n) is 9.30. The monoisotopic (exact) mass is 724 g/mol. The van der Waals surface area contributed by atoms with Gasteiger partial charge < -0.3 is 38.3 Å². The second-order valence-electron chi connectivity index (χ2n) is 12.4. The van der Waals surface area contributed by atoms with Gasteiger partial charge in [0, 0.05) is 19.4 Å². The Bertz CT molecular complexity index is 1950. The molecule has 0 saturated carbocycles. The number of aliphatic hydroxyl groups excluding tert-OH is 1. The van der Waals surface area contributed by atoms with Crippen molar-refractivity contribution in [3.05, 3.63) is 165 Å². The molecule has 1 fully saturated rings. The molecule has 2 heterocycles. The van der Waals surface area contributed by atoms with Crippen LogP contribution in [0.5, 0.6) is 11.5 Å². The Labute approximate surface area is 307 Å². The van der Waals surface area contributed by atoms with Gasteiger partial charge in [-0.3, -0.25) is 9.36 Å². The van der Waals surface area contributed by atoms with Crippen LogP contribution < -0.4 is 20.7 Å². The van der Waals surface area contributed by atoms with Crippen molar-refractivity contribution in [1.82, 2.24) is 9.13 Å². The fourth-order valence-electron chi connectivity index (χ4n) is 6.66. The number of hydrogen-bond acceptors (Lipinski definition) is 10. The minimum Gasteiger partial charge on any atom is -0.497 e. The van der Waals surface area contributed by atoms with Crippen LogP contribution in [0, 0.1) is 0 Å². The van der Waals surface area contributed by atoms with Gasteiger partial charge in [0.05, 0.1) is 40.6 Å². The zero-order valence-corrected chi connectivity index (χ0v) is 29.9. The van der Waals surface area contributed by atoms with Crippen LogP contribution >= 0.6 is 0 Å². The molecule has 1 saturated heterocycles. The Balaban J connectivity index is 1.36. The molecule has 0 radical (unpaired) electrons. The molecule has 1 aromatic heterocycles. The molecule has 1 N–H and O–H groups in total. The Morgan fingerprint density at radius 1 is 0.736 bits per heavy atom. The van der Waals surface area contributed by atoms with Crippen LogP contribution in [0.4, 0.5) is 0 Å². The maximum Gasteiger partial charge on any atom is 0.335 e. The van der Waals surface area contributed by atoms with Gasteiger partial charge >= 0.3 is 5.69 Å². The molecule has 5 aromatic rings. The maximum absolute atomic E-state index is 13.9. The van der Waals surface area contributed by atoms with Gasteiger partial charge in [-0.05, 0) is 46.5 Å². The average molecular weight is 725 g/mol. The molecule has 12 nitrogen and oxygen atoms in total. The van der Waals surface area contributed by atoms with Crippen LogP contribution in [-0.4, -0.2) is 73.7 Å². The lowest BCUT2D eigenvalue weighted by atomic mass is 9.80. The largest absolute Gasteiger partial charge is 0.497 e. The third-order valence-corrected chi connectivity index (χ3v) is 9.30. The molecule has 6 rings (SSSR count). The number of methoxy groups -OCH3 is 3. The summed E-state index contributed by atoms with van der Waals surface area (Å²) in [6, 6.07) is 35.9. The molecule has 0 amide bonds. The molecule has 278 valence electrons. The maximum atomic E-state index is 13.9. The fraction of sp³-hybridized carbons (Fsp3) is 0.317. The molecule has 12 heteroatoms. The van der Waals surface area contributed by atoms with Crippen LogP contribution in [0.15, 0.2) is 131 Å².